The highest BCUT2D eigenvalue weighted by molar-refractivity contribution is 5.98. The number of amides is 2. The summed E-state index contributed by atoms with van der Waals surface area (Å²) < 4.78 is 38.7. The summed E-state index contributed by atoms with van der Waals surface area (Å²) >= 11 is 0. The van der Waals surface area contributed by atoms with Crippen molar-refractivity contribution in [3.05, 3.63) is 29.3 Å². The number of alkyl halides is 3. The largest absolute Gasteiger partial charge is 0.393 e. The molecule has 2 aliphatic rings. The second-order valence-electron chi connectivity index (χ2n) is 5.78. The first kappa shape index (κ1) is 15.8. The number of carbonyl (C=O) groups excluding carboxylic acids is 2. The number of hydrogen-bond acceptors (Lipinski definition) is 3. The monoisotopic (exact) mass is 327 g/mol. The molecule has 0 aromatic heterocycles. The van der Waals surface area contributed by atoms with Crippen LogP contribution >= 0.6 is 0 Å². The van der Waals surface area contributed by atoms with E-state index in [0.717, 1.165) is 5.56 Å². The lowest BCUT2D eigenvalue weighted by molar-refractivity contribution is -0.181. The lowest BCUT2D eigenvalue weighted by Gasteiger charge is -2.21. The van der Waals surface area contributed by atoms with Crippen molar-refractivity contribution in [1.82, 2.24) is 10.6 Å². The zero-order valence-electron chi connectivity index (χ0n) is 12.2. The first-order valence-electron chi connectivity index (χ1n) is 7.35. The average molecular weight is 327 g/mol. The van der Waals surface area contributed by atoms with Gasteiger partial charge in [-0.15, -0.1) is 0 Å². The SMILES string of the molecule is O=C1NCCc2cc(NC(=O)[C@@H]3CNC[C@H]3C(F)(F)F)ccc21. The maximum Gasteiger partial charge on any atom is 0.393 e. The van der Waals surface area contributed by atoms with E-state index in [9.17, 15) is 22.8 Å². The van der Waals surface area contributed by atoms with E-state index in [4.69, 9.17) is 0 Å². The normalized spacial score (nSPS) is 24.0. The number of benzene rings is 1. The van der Waals surface area contributed by atoms with Crippen LogP contribution in [0.2, 0.25) is 0 Å². The first-order chi connectivity index (χ1) is 10.9. The van der Waals surface area contributed by atoms with Crippen LogP contribution in [0.5, 0.6) is 0 Å². The number of hydrogen-bond donors (Lipinski definition) is 3. The summed E-state index contributed by atoms with van der Waals surface area (Å²) in [6.07, 6.45) is -3.78. The first-order valence-corrected chi connectivity index (χ1v) is 7.35. The molecular weight excluding hydrogens is 311 g/mol. The molecule has 124 valence electrons. The third-order valence-electron chi connectivity index (χ3n) is 4.27. The van der Waals surface area contributed by atoms with Gasteiger partial charge in [0.1, 0.15) is 0 Å². The predicted octanol–water partition coefficient (Wildman–Crippen LogP) is 1.31. The van der Waals surface area contributed by atoms with Crippen LogP contribution in [0.4, 0.5) is 18.9 Å². The molecule has 1 saturated heterocycles. The highest BCUT2D eigenvalue weighted by Gasteiger charge is 2.49. The molecule has 0 spiro atoms. The zero-order valence-corrected chi connectivity index (χ0v) is 12.2. The van der Waals surface area contributed by atoms with Crippen molar-refractivity contribution in [2.24, 2.45) is 11.8 Å². The smallest absolute Gasteiger partial charge is 0.352 e. The second-order valence-corrected chi connectivity index (χ2v) is 5.78. The van der Waals surface area contributed by atoms with Gasteiger partial charge in [-0.2, -0.15) is 13.2 Å². The Morgan fingerprint density at radius 1 is 1.26 bits per heavy atom. The fraction of sp³-hybridized carbons (Fsp3) is 0.467. The molecule has 0 saturated carbocycles. The molecule has 3 rings (SSSR count). The van der Waals surface area contributed by atoms with E-state index in [1.165, 1.54) is 6.07 Å². The summed E-state index contributed by atoms with van der Waals surface area (Å²) in [6, 6.07) is 4.76. The molecule has 23 heavy (non-hydrogen) atoms. The zero-order chi connectivity index (χ0) is 16.6. The standard InChI is InChI=1S/C15H16F3N3O2/c16-15(17,18)12-7-19-6-11(12)14(23)21-9-1-2-10-8(5-9)3-4-20-13(10)22/h1-2,5,11-12,19H,3-4,6-7H2,(H,20,22)(H,21,23)/t11-,12-/m1/s1. The molecule has 1 aromatic rings. The molecular formula is C15H16F3N3O2. The van der Waals surface area contributed by atoms with Crippen LogP contribution in [0.3, 0.4) is 0 Å². The third kappa shape index (κ3) is 3.17. The number of fused-ring (bicyclic) bond motifs is 1. The van der Waals surface area contributed by atoms with Gasteiger partial charge in [-0.1, -0.05) is 0 Å². The topological polar surface area (TPSA) is 70.2 Å². The summed E-state index contributed by atoms with van der Waals surface area (Å²) in [4.78, 5) is 23.8. The number of rotatable bonds is 2. The van der Waals surface area contributed by atoms with E-state index in [-0.39, 0.29) is 19.0 Å². The molecule has 2 heterocycles. The van der Waals surface area contributed by atoms with Gasteiger partial charge in [0.25, 0.3) is 5.91 Å². The number of carbonyl (C=O) groups is 2. The van der Waals surface area contributed by atoms with Gasteiger partial charge in [0.2, 0.25) is 5.91 Å². The minimum Gasteiger partial charge on any atom is -0.352 e. The van der Waals surface area contributed by atoms with Crippen molar-refractivity contribution in [2.45, 2.75) is 12.6 Å². The summed E-state index contributed by atoms with van der Waals surface area (Å²) in [5.74, 6) is -3.65. The number of anilines is 1. The molecule has 2 atom stereocenters. The summed E-state index contributed by atoms with van der Waals surface area (Å²) in [6.45, 7) is 0.265. The molecule has 8 heteroatoms. The van der Waals surface area contributed by atoms with Crippen molar-refractivity contribution < 1.29 is 22.8 Å². The van der Waals surface area contributed by atoms with Gasteiger partial charge < -0.3 is 16.0 Å². The Morgan fingerprint density at radius 3 is 2.78 bits per heavy atom. The van der Waals surface area contributed by atoms with Gasteiger partial charge in [0, 0.05) is 30.9 Å². The van der Waals surface area contributed by atoms with Crippen molar-refractivity contribution >= 4 is 17.5 Å². The maximum atomic E-state index is 12.9. The van der Waals surface area contributed by atoms with E-state index in [2.05, 4.69) is 16.0 Å². The van der Waals surface area contributed by atoms with Crippen LogP contribution in [0.25, 0.3) is 0 Å². The van der Waals surface area contributed by atoms with Crippen molar-refractivity contribution in [1.29, 1.82) is 0 Å². The lowest BCUT2D eigenvalue weighted by atomic mass is 9.94. The van der Waals surface area contributed by atoms with E-state index in [0.29, 0.717) is 24.2 Å². The van der Waals surface area contributed by atoms with Crippen LogP contribution in [-0.2, 0) is 11.2 Å². The Balaban J connectivity index is 1.74. The molecule has 2 amide bonds. The Labute approximate surface area is 130 Å². The van der Waals surface area contributed by atoms with Gasteiger partial charge in [0.05, 0.1) is 11.8 Å². The van der Waals surface area contributed by atoms with E-state index < -0.39 is 23.9 Å². The van der Waals surface area contributed by atoms with Crippen molar-refractivity contribution in [2.75, 3.05) is 25.0 Å². The lowest BCUT2D eigenvalue weighted by Crippen LogP contribution is -2.37. The molecule has 0 unspecified atom stereocenters. The number of halogens is 3. The van der Waals surface area contributed by atoms with E-state index in [1.807, 2.05) is 0 Å². The molecule has 5 nitrogen and oxygen atoms in total. The molecule has 3 N–H and O–H groups in total. The highest BCUT2D eigenvalue weighted by Crippen LogP contribution is 2.35. The van der Waals surface area contributed by atoms with Crippen LogP contribution < -0.4 is 16.0 Å². The summed E-state index contributed by atoms with van der Waals surface area (Å²) in [5, 5.41) is 7.86. The van der Waals surface area contributed by atoms with Crippen LogP contribution in [0, 0.1) is 11.8 Å². The second kappa shape index (κ2) is 5.84. The minimum atomic E-state index is -4.40. The van der Waals surface area contributed by atoms with Gasteiger partial charge in [-0.3, -0.25) is 9.59 Å². The van der Waals surface area contributed by atoms with Crippen LogP contribution in [0.1, 0.15) is 15.9 Å². The molecule has 0 bridgehead atoms. The molecule has 1 aromatic carbocycles. The summed E-state index contributed by atoms with van der Waals surface area (Å²) in [7, 11) is 0. The molecule has 0 aliphatic carbocycles. The summed E-state index contributed by atoms with van der Waals surface area (Å²) in [5.41, 5.74) is 1.73. The van der Waals surface area contributed by atoms with Crippen molar-refractivity contribution in [3.63, 3.8) is 0 Å². The Bertz CT molecular complexity index is 645. The van der Waals surface area contributed by atoms with Crippen LogP contribution in [-0.4, -0.2) is 37.6 Å². The van der Waals surface area contributed by atoms with Gasteiger partial charge >= 0.3 is 6.18 Å². The number of nitrogens with one attached hydrogen (secondary N) is 3. The van der Waals surface area contributed by atoms with Gasteiger partial charge in [-0.25, -0.2) is 0 Å². The molecule has 1 fully saturated rings. The molecule has 0 radical (unpaired) electrons. The quantitative estimate of drug-likeness (QED) is 0.767. The average Bonchev–Trinajstić information content (AvgIpc) is 2.97. The van der Waals surface area contributed by atoms with E-state index in [1.54, 1.807) is 12.1 Å². The van der Waals surface area contributed by atoms with Crippen molar-refractivity contribution in [3.8, 4) is 0 Å². The third-order valence-corrected chi connectivity index (χ3v) is 4.27. The molecule has 2 aliphatic heterocycles. The fourth-order valence-electron chi connectivity index (χ4n) is 3.04. The Kier molecular flexibility index (Phi) is 4.01. The minimum absolute atomic E-state index is 0.00333. The Morgan fingerprint density at radius 2 is 2.04 bits per heavy atom. The predicted molar refractivity (Wildman–Crippen MR) is 77.0 cm³/mol. The highest BCUT2D eigenvalue weighted by atomic mass is 19.4. The maximum absolute atomic E-state index is 12.9. The van der Waals surface area contributed by atoms with Gasteiger partial charge in [0.15, 0.2) is 0 Å². The van der Waals surface area contributed by atoms with Gasteiger partial charge in [-0.05, 0) is 30.2 Å². The fourth-order valence-corrected chi connectivity index (χ4v) is 3.04. The van der Waals surface area contributed by atoms with Crippen LogP contribution in [0.15, 0.2) is 18.2 Å². The Hall–Kier alpha value is -2.09. The van der Waals surface area contributed by atoms with E-state index >= 15 is 0 Å².